The lowest BCUT2D eigenvalue weighted by Crippen LogP contribution is -2.65. The van der Waals surface area contributed by atoms with Gasteiger partial charge in [0.25, 0.3) is 0 Å². The van der Waals surface area contributed by atoms with Gasteiger partial charge in [0.1, 0.15) is 5.54 Å². The van der Waals surface area contributed by atoms with E-state index in [0.29, 0.717) is 6.17 Å². The van der Waals surface area contributed by atoms with Crippen molar-refractivity contribution in [3.8, 4) is 0 Å². The fourth-order valence-corrected chi connectivity index (χ4v) is 3.75. The molecule has 0 saturated heterocycles. The van der Waals surface area contributed by atoms with Crippen LogP contribution in [-0.4, -0.2) is 69.4 Å². The van der Waals surface area contributed by atoms with E-state index in [0.717, 1.165) is 0 Å². The second kappa shape index (κ2) is 8.48. The van der Waals surface area contributed by atoms with Crippen molar-refractivity contribution in [1.82, 2.24) is 14.9 Å². The normalized spacial score (nSPS) is 14.8. The Morgan fingerprint density at radius 2 is 1.82 bits per heavy atom. The van der Waals surface area contributed by atoms with Crippen molar-refractivity contribution in [2.75, 3.05) is 27.4 Å². The first-order chi connectivity index (χ1) is 10.0. The fourth-order valence-electron chi connectivity index (χ4n) is 2.32. The van der Waals surface area contributed by atoms with E-state index in [9.17, 15) is 14.4 Å². The lowest BCUT2D eigenvalue weighted by molar-refractivity contribution is -0.157. The Morgan fingerprint density at radius 1 is 1.32 bits per heavy atom. The largest absolute Gasteiger partial charge is 0.469 e. The van der Waals surface area contributed by atoms with Gasteiger partial charge in [-0.3, -0.25) is 9.59 Å². The first-order valence-corrected chi connectivity index (χ1v) is 10.8. The van der Waals surface area contributed by atoms with Gasteiger partial charge in [-0.15, -0.1) is 0 Å². The molecule has 0 aliphatic carbocycles. The minimum absolute atomic E-state index is 0.311. The molecule has 1 N–H and O–H groups in total. The number of carbonyl (C=O) groups is 3. The van der Waals surface area contributed by atoms with E-state index in [2.05, 4.69) is 27.6 Å². The number of nitrogens with one attached hydrogen (secondary N) is 1. The van der Waals surface area contributed by atoms with Gasteiger partial charge in [0.2, 0.25) is 5.91 Å². The third-order valence-corrected chi connectivity index (χ3v) is 5.06. The smallest absolute Gasteiger partial charge is 0.320 e. The number of ether oxygens (including phenoxy) is 1. The molecule has 128 valence electrons. The lowest BCUT2D eigenvalue weighted by atomic mass is 9.84. The molecular formula is C13H28N3O4PSi. The van der Waals surface area contributed by atoms with Crippen molar-refractivity contribution in [1.29, 1.82) is 0 Å². The Morgan fingerprint density at radius 3 is 2.14 bits per heavy atom. The van der Waals surface area contributed by atoms with Crippen molar-refractivity contribution >= 4 is 36.1 Å². The average molecular weight is 349 g/mol. The number of amides is 3. The van der Waals surface area contributed by atoms with Gasteiger partial charge in [-0.25, -0.2) is 4.79 Å². The van der Waals surface area contributed by atoms with Crippen LogP contribution in [0.25, 0.3) is 0 Å². The molecule has 0 saturated carbocycles. The van der Waals surface area contributed by atoms with Crippen LogP contribution in [-0.2, 0) is 14.3 Å². The lowest BCUT2D eigenvalue weighted by Gasteiger charge is -2.44. The first kappa shape index (κ1) is 20.9. The molecule has 9 heteroatoms. The zero-order valence-electron chi connectivity index (χ0n) is 14.5. The second-order valence-electron chi connectivity index (χ2n) is 6.05. The monoisotopic (exact) mass is 349 g/mol. The van der Waals surface area contributed by atoms with Crippen LogP contribution in [0.15, 0.2) is 0 Å². The average Bonchev–Trinajstić information content (AvgIpc) is 2.48. The summed E-state index contributed by atoms with van der Waals surface area (Å²) in [4.78, 5) is 40.0. The number of esters is 1. The molecule has 0 bridgehead atoms. The molecule has 3 amide bonds. The molecule has 0 aromatic heterocycles. The number of methoxy groups -OCH3 is 1. The molecule has 7 nitrogen and oxygen atoms in total. The second-order valence-corrected chi connectivity index (χ2v) is 9.49. The van der Waals surface area contributed by atoms with Crippen molar-refractivity contribution in [2.24, 2.45) is 5.92 Å². The molecule has 22 heavy (non-hydrogen) atoms. The quantitative estimate of drug-likeness (QED) is 0.429. The summed E-state index contributed by atoms with van der Waals surface area (Å²) in [5, 5.41) is 2.48. The summed E-state index contributed by atoms with van der Waals surface area (Å²) in [5.74, 6) is -1.62. The van der Waals surface area contributed by atoms with Gasteiger partial charge in [-0.2, -0.15) is 0 Å². The van der Waals surface area contributed by atoms with Crippen LogP contribution in [0.2, 0.25) is 13.1 Å². The highest BCUT2D eigenvalue weighted by molar-refractivity contribution is 7.15. The summed E-state index contributed by atoms with van der Waals surface area (Å²) >= 11 is 0. The van der Waals surface area contributed by atoms with Gasteiger partial charge in [0.15, 0.2) is 0 Å². The summed E-state index contributed by atoms with van der Waals surface area (Å²) < 4.78 is 4.79. The molecule has 0 fully saturated rings. The van der Waals surface area contributed by atoms with Crippen molar-refractivity contribution in [2.45, 2.75) is 32.5 Å². The van der Waals surface area contributed by atoms with Crippen molar-refractivity contribution in [3.05, 3.63) is 0 Å². The molecule has 0 rings (SSSR count). The maximum atomic E-state index is 12.8. The van der Waals surface area contributed by atoms with Crippen LogP contribution in [0, 0.1) is 5.92 Å². The van der Waals surface area contributed by atoms with Crippen molar-refractivity contribution in [3.63, 3.8) is 0 Å². The van der Waals surface area contributed by atoms with E-state index in [1.54, 1.807) is 27.9 Å². The molecule has 0 spiro atoms. The summed E-state index contributed by atoms with van der Waals surface area (Å²) in [6.45, 7) is 7.38. The van der Waals surface area contributed by atoms with Gasteiger partial charge in [0, 0.05) is 20.3 Å². The minimum atomic E-state index is -1.31. The Hall–Kier alpha value is -1.14. The number of carbonyl (C=O) groups excluding carboxylic acids is 3. The SMILES string of the molecule is COC(=O)C(C)C(C)(C(=O)N(C)C)N(C[SiH](C)C)C(=O)NP. The molecule has 3 unspecified atom stereocenters. The van der Waals surface area contributed by atoms with Crippen LogP contribution >= 0.6 is 9.39 Å². The van der Waals surface area contributed by atoms with Crippen LogP contribution in [0.3, 0.4) is 0 Å². The molecule has 0 aliphatic rings. The topological polar surface area (TPSA) is 79.0 Å². The zero-order valence-corrected chi connectivity index (χ0v) is 16.8. The Balaban J connectivity index is 6.03. The van der Waals surface area contributed by atoms with E-state index >= 15 is 0 Å². The van der Waals surface area contributed by atoms with E-state index in [1.807, 2.05) is 0 Å². The molecule has 0 aliphatic heterocycles. The van der Waals surface area contributed by atoms with Gasteiger partial charge in [-0.1, -0.05) is 13.1 Å². The van der Waals surface area contributed by atoms with Crippen LogP contribution < -0.4 is 5.09 Å². The molecule has 0 radical (unpaired) electrons. The Kier molecular flexibility index (Phi) is 8.04. The molecule has 0 aromatic carbocycles. The van der Waals surface area contributed by atoms with E-state index < -0.39 is 32.3 Å². The number of rotatable bonds is 6. The fraction of sp³-hybridized carbons (Fsp3) is 0.769. The van der Waals surface area contributed by atoms with Gasteiger partial charge >= 0.3 is 12.0 Å². The predicted molar refractivity (Wildman–Crippen MR) is 92.1 cm³/mol. The highest BCUT2D eigenvalue weighted by Gasteiger charge is 2.50. The highest BCUT2D eigenvalue weighted by Crippen LogP contribution is 2.29. The van der Waals surface area contributed by atoms with Crippen LogP contribution in [0.5, 0.6) is 0 Å². The van der Waals surface area contributed by atoms with Gasteiger partial charge in [0.05, 0.1) is 21.8 Å². The summed E-state index contributed by atoms with van der Waals surface area (Å²) in [7, 11) is 5.41. The van der Waals surface area contributed by atoms with Gasteiger partial charge < -0.3 is 19.6 Å². The summed E-state index contributed by atoms with van der Waals surface area (Å²) in [6.07, 6.45) is 0.470. The summed E-state index contributed by atoms with van der Waals surface area (Å²) in [5.41, 5.74) is -1.31. The first-order valence-electron chi connectivity index (χ1n) is 7.11. The maximum absolute atomic E-state index is 12.8. The number of likely N-dealkylation sites (N-methyl/N-ethyl adjacent to an activating group) is 1. The minimum Gasteiger partial charge on any atom is -0.469 e. The Labute approximate surface area is 136 Å². The van der Waals surface area contributed by atoms with E-state index in [-0.39, 0.29) is 5.91 Å². The van der Waals surface area contributed by atoms with Crippen LogP contribution in [0.4, 0.5) is 4.79 Å². The summed E-state index contributed by atoms with van der Waals surface area (Å²) in [6, 6.07) is -0.403. The maximum Gasteiger partial charge on any atom is 0.320 e. The number of hydrogen-bond acceptors (Lipinski definition) is 4. The Bertz CT molecular complexity index is 434. The van der Waals surface area contributed by atoms with Gasteiger partial charge in [-0.05, 0) is 23.2 Å². The van der Waals surface area contributed by atoms with E-state index in [4.69, 9.17) is 4.74 Å². The zero-order chi connectivity index (χ0) is 17.7. The predicted octanol–water partition coefficient (Wildman–Crippen LogP) is 0.470. The highest BCUT2D eigenvalue weighted by atomic mass is 31.0. The third kappa shape index (κ3) is 4.43. The number of hydrogen-bond donors (Lipinski definition) is 1. The number of nitrogens with zero attached hydrogens (tertiary/aromatic N) is 2. The molecule has 0 heterocycles. The molecular weight excluding hydrogens is 321 g/mol. The molecule has 0 aromatic rings. The van der Waals surface area contributed by atoms with Crippen LogP contribution in [0.1, 0.15) is 13.8 Å². The third-order valence-electron chi connectivity index (χ3n) is 3.71. The number of urea groups is 1. The van der Waals surface area contributed by atoms with Crippen molar-refractivity contribution < 1.29 is 19.1 Å². The van der Waals surface area contributed by atoms with E-state index in [1.165, 1.54) is 16.9 Å². The standard InChI is InChI=1S/C13H28N3O4PSi/c1-9(10(17)20-5)13(2,11(18)15(3)4)16(8-22(6)7)12(19)14-21/h9,22H,8,21H2,1-7H3,(H,14,19). The molecule has 3 atom stereocenters.